The SMILES string of the molecule is CCc1ccc(Cc2nnc(NC(=O)c3ccc(C(=O)OC)cc3)o2)cc1. The molecule has 0 unspecified atom stereocenters. The minimum Gasteiger partial charge on any atom is -0.465 e. The van der Waals surface area contributed by atoms with Crippen molar-refractivity contribution in [3.8, 4) is 0 Å². The Morgan fingerprint density at radius 2 is 1.59 bits per heavy atom. The van der Waals surface area contributed by atoms with Crippen molar-refractivity contribution in [2.24, 2.45) is 0 Å². The molecule has 27 heavy (non-hydrogen) atoms. The lowest BCUT2D eigenvalue weighted by Gasteiger charge is -2.02. The largest absolute Gasteiger partial charge is 0.465 e. The molecular weight excluding hydrogens is 346 g/mol. The summed E-state index contributed by atoms with van der Waals surface area (Å²) in [5, 5.41) is 10.4. The van der Waals surface area contributed by atoms with Gasteiger partial charge < -0.3 is 9.15 Å². The lowest BCUT2D eigenvalue weighted by atomic mass is 10.1. The second-order valence-electron chi connectivity index (χ2n) is 5.87. The molecule has 3 rings (SSSR count). The minimum absolute atomic E-state index is 0.0252. The van der Waals surface area contributed by atoms with Gasteiger partial charge in [0.25, 0.3) is 5.91 Å². The number of carbonyl (C=O) groups is 2. The number of methoxy groups -OCH3 is 1. The number of ether oxygens (including phenoxy) is 1. The molecule has 0 atom stereocenters. The summed E-state index contributed by atoms with van der Waals surface area (Å²) in [6, 6.07) is 14.3. The third-order valence-electron chi connectivity index (χ3n) is 4.04. The summed E-state index contributed by atoms with van der Waals surface area (Å²) in [6.07, 6.45) is 1.47. The highest BCUT2D eigenvalue weighted by molar-refractivity contribution is 6.03. The zero-order valence-electron chi connectivity index (χ0n) is 15.1. The molecule has 0 aliphatic carbocycles. The molecule has 0 bridgehead atoms. The summed E-state index contributed by atoms with van der Waals surface area (Å²) in [6.45, 7) is 2.10. The summed E-state index contributed by atoms with van der Waals surface area (Å²) in [4.78, 5) is 23.7. The number of hydrogen-bond acceptors (Lipinski definition) is 6. The van der Waals surface area contributed by atoms with Crippen LogP contribution in [0, 0.1) is 0 Å². The molecule has 7 nitrogen and oxygen atoms in total. The lowest BCUT2D eigenvalue weighted by molar-refractivity contribution is 0.0600. The van der Waals surface area contributed by atoms with E-state index < -0.39 is 11.9 Å². The third-order valence-corrected chi connectivity index (χ3v) is 4.04. The predicted octanol–water partition coefficient (Wildman–Crippen LogP) is 3.26. The van der Waals surface area contributed by atoms with E-state index in [1.165, 1.54) is 36.9 Å². The molecule has 0 fully saturated rings. The molecule has 3 aromatic rings. The number of hydrogen-bond donors (Lipinski definition) is 1. The van der Waals surface area contributed by atoms with Crippen molar-refractivity contribution in [2.45, 2.75) is 19.8 Å². The molecule has 0 saturated heterocycles. The van der Waals surface area contributed by atoms with Crippen LogP contribution in [0.25, 0.3) is 0 Å². The predicted molar refractivity (Wildman–Crippen MR) is 98.7 cm³/mol. The summed E-state index contributed by atoms with van der Waals surface area (Å²) in [5.74, 6) is -0.458. The number of carbonyl (C=O) groups excluding carboxylic acids is 2. The number of nitrogens with one attached hydrogen (secondary N) is 1. The highest BCUT2D eigenvalue weighted by atomic mass is 16.5. The minimum atomic E-state index is -0.463. The first-order valence-electron chi connectivity index (χ1n) is 8.49. The maximum Gasteiger partial charge on any atom is 0.337 e. The highest BCUT2D eigenvalue weighted by Crippen LogP contribution is 2.14. The van der Waals surface area contributed by atoms with Crippen molar-refractivity contribution in [1.82, 2.24) is 10.2 Å². The summed E-state index contributed by atoms with van der Waals surface area (Å²) < 4.78 is 10.1. The number of amides is 1. The Morgan fingerprint density at radius 3 is 2.22 bits per heavy atom. The summed E-state index contributed by atoms with van der Waals surface area (Å²) in [5.41, 5.74) is 3.03. The molecule has 1 aromatic heterocycles. The van der Waals surface area contributed by atoms with E-state index in [0.29, 0.717) is 23.4 Å². The fraction of sp³-hybridized carbons (Fsp3) is 0.200. The van der Waals surface area contributed by atoms with Crippen LogP contribution in [0.3, 0.4) is 0 Å². The van der Waals surface area contributed by atoms with Crippen LogP contribution in [0.15, 0.2) is 52.9 Å². The summed E-state index contributed by atoms with van der Waals surface area (Å²) >= 11 is 0. The Kier molecular flexibility index (Phi) is 5.61. The van der Waals surface area contributed by atoms with Gasteiger partial charge in [0, 0.05) is 5.56 Å². The molecule has 0 radical (unpaired) electrons. The van der Waals surface area contributed by atoms with Crippen LogP contribution in [0.4, 0.5) is 6.01 Å². The molecule has 0 spiro atoms. The molecule has 138 valence electrons. The molecule has 7 heteroatoms. The van der Waals surface area contributed by atoms with Crippen LogP contribution in [-0.2, 0) is 17.6 Å². The van der Waals surface area contributed by atoms with Gasteiger partial charge in [-0.3, -0.25) is 10.1 Å². The number of esters is 1. The van der Waals surface area contributed by atoms with Gasteiger partial charge in [-0.1, -0.05) is 36.3 Å². The highest BCUT2D eigenvalue weighted by Gasteiger charge is 2.13. The first-order valence-corrected chi connectivity index (χ1v) is 8.49. The van der Waals surface area contributed by atoms with E-state index in [1.807, 2.05) is 12.1 Å². The molecule has 1 amide bonds. The zero-order valence-corrected chi connectivity index (χ0v) is 15.1. The van der Waals surface area contributed by atoms with E-state index in [9.17, 15) is 9.59 Å². The van der Waals surface area contributed by atoms with Crippen molar-refractivity contribution in [2.75, 3.05) is 12.4 Å². The van der Waals surface area contributed by atoms with Crippen LogP contribution in [-0.4, -0.2) is 29.2 Å². The second-order valence-corrected chi connectivity index (χ2v) is 5.87. The number of benzene rings is 2. The van der Waals surface area contributed by atoms with Crippen LogP contribution >= 0.6 is 0 Å². The van der Waals surface area contributed by atoms with Gasteiger partial charge in [0.2, 0.25) is 5.89 Å². The fourth-order valence-electron chi connectivity index (χ4n) is 2.49. The van der Waals surface area contributed by atoms with Crippen LogP contribution < -0.4 is 5.32 Å². The number of aromatic nitrogens is 2. The zero-order chi connectivity index (χ0) is 19.2. The molecule has 0 aliphatic heterocycles. The molecule has 1 N–H and O–H groups in total. The van der Waals surface area contributed by atoms with E-state index in [2.05, 4.69) is 39.3 Å². The molecule has 0 aliphatic rings. The van der Waals surface area contributed by atoms with Gasteiger partial charge in [-0.2, -0.15) is 0 Å². The summed E-state index contributed by atoms with van der Waals surface area (Å²) in [7, 11) is 1.30. The Morgan fingerprint density at radius 1 is 0.963 bits per heavy atom. The third kappa shape index (κ3) is 4.58. The van der Waals surface area contributed by atoms with Crippen molar-refractivity contribution in [1.29, 1.82) is 0 Å². The monoisotopic (exact) mass is 365 g/mol. The Hall–Kier alpha value is -3.48. The average Bonchev–Trinajstić information content (AvgIpc) is 3.14. The van der Waals surface area contributed by atoms with Gasteiger partial charge in [0.05, 0.1) is 19.1 Å². The quantitative estimate of drug-likeness (QED) is 0.674. The van der Waals surface area contributed by atoms with Crippen molar-refractivity contribution < 1.29 is 18.7 Å². The first kappa shape index (κ1) is 18.3. The molecule has 2 aromatic carbocycles. The molecular formula is C20H19N3O4. The maximum absolute atomic E-state index is 12.2. The smallest absolute Gasteiger partial charge is 0.337 e. The van der Waals surface area contributed by atoms with Crippen LogP contribution in [0.2, 0.25) is 0 Å². The molecule has 1 heterocycles. The van der Waals surface area contributed by atoms with Gasteiger partial charge >= 0.3 is 12.0 Å². The fourth-order valence-corrected chi connectivity index (χ4v) is 2.49. The van der Waals surface area contributed by atoms with Crippen molar-refractivity contribution in [3.63, 3.8) is 0 Å². The van der Waals surface area contributed by atoms with Gasteiger partial charge in [-0.25, -0.2) is 4.79 Å². The van der Waals surface area contributed by atoms with Gasteiger partial charge in [0.15, 0.2) is 0 Å². The van der Waals surface area contributed by atoms with Gasteiger partial charge in [0.1, 0.15) is 0 Å². The Bertz CT molecular complexity index is 931. The van der Waals surface area contributed by atoms with E-state index in [4.69, 9.17) is 4.42 Å². The number of rotatable bonds is 6. The number of aryl methyl sites for hydroxylation is 1. The maximum atomic E-state index is 12.2. The van der Waals surface area contributed by atoms with Gasteiger partial charge in [-0.05, 0) is 41.8 Å². The topological polar surface area (TPSA) is 94.3 Å². The number of anilines is 1. The second kappa shape index (κ2) is 8.27. The van der Waals surface area contributed by atoms with Crippen molar-refractivity contribution >= 4 is 17.9 Å². The standard InChI is InChI=1S/C20H19N3O4/c1-3-13-4-6-14(7-5-13)12-17-22-23-20(27-17)21-18(24)15-8-10-16(11-9-15)19(25)26-2/h4-11H,3,12H2,1-2H3,(H,21,23,24). The normalized spacial score (nSPS) is 10.4. The van der Waals surface area contributed by atoms with E-state index >= 15 is 0 Å². The Balaban J connectivity index is 1.62. The Labute approximate surface area is 156 Å². The van der Waals surface area contributed by atoms with E-state index in [1.54, 1.807) is 0 Å². The van der Waals surface area contributed by atoms with Crippen LogP contribution in [0.1, 0.15) is 44.7 Å². The van der Waals surface area contributed by atoms with Crippen molar-refractivity contribution in [3.05, 3.63) is 76.7 Å². The van der Waals surface area contributed by atoms with E-state index in [0.717, 1.165) is 12.0 Å². The van der Waals surface area contributed by atoms with Gasteiger partial charge in [-0.15, -0.1) is 5.10 Å². The van der Waals surface area contributed by atoms with E-state index in [-0.39, 0.29) is 6.01 Å². The number of nitrogens with zero attached hydrogens (tertiary/aromatic N) is 2. The van der Waals surface area contributed by atoms with Crippen LogP contribution in [0.5, 0.6) is 0 Å². The lowest BCUT2D eigenvalue weighted by Crippen LogP contribution is -2.12. The first-order chi connectivity index (χ1) is 13.1. The molecule has 0 saturated carbocycles. The average molecular weight is 365 g/mol.